The third-order valence-corrected chi connectivity index (χ3v) is 4.16. The van der Waals surface area contributed by atoms with E-state index in [4.69, 9.17) is 0 Å². The molecule has 2 heterocycles. The summed E-state index contributed by atoms with van der Waals surface area (Å²) in [6.07, 6.45) is 8.44. The predicted octanol–water partition coefficient (Wildman–Crippen LogP) is 3.56. The molecule has 2 nitrogen and oxygen atoms in total. The Kier molecular flexibility index (Phi) is 4.16. The Morgan fingerprint density at radius 1 is 1.33 bits per heavy atom. The topological polar surface area (TPSA) is 8.17 Å². The van der Waals surface area contributed by atoms with Gasteiger partial charge in [-0.05, 0) is 64.1 Å². The zero-order chi connectivity index (χ0) is 13.2. The van der Waals surface area contributed by atoms with Gasteiger partial charge in [0.1, 0.15) is 0 Å². The molecule has 1 saturated heterocycles. The smallest absolute Gasteiger partial charge is 0.0260 e. The van der Waals surface area contributed by atoms with Gasteiger partial charge >= 0.3 is 0 Å². The summed E-state index contributed by atoms with van der Waals surface area (Å²) in [7, 11) is 0. The van der Waals surface area contributed by atoms with Crippen LogP contribution in [-0.4, -0.2) is 28.1 Å². The van der Waals surface area contributed by atoms with Crippen LogP contribution in [0.5, 0.6) is 0 Å². The van der Waals surface area contributed by atoms with Gasteiger partial charge in [0.2, 0.25) is 0 Å². The Morgan fingerprint density at radius 3 is 2.72 bits per heavy atom. The second-order valence-electron chi connectivity index (χ2n) is 6.70. The summed E-state index contributed by atoms with van der Waals surface area (Å²) < 4.78 is 2.38. The number of aryl methyl sites for hydroxylation is 1. The molecule has 1 aromatic heterocycles. The van der Waals surface area contributed by atoms with Crippen molar-refractivity contribution >= 4 is 0 Å². The van der Waals surface area contributed by atoms with Crippen LogP contribution < -0.4 is 0 Å². The quantitative estimate of drug-likeness (QED) is 0.794. The highest BCUT2D eigenvalue weighted by molar-refractivity contribution is 5.09. The Labute approximate surface area is 112 Å². The van der Waals surface area contributed by atoms with Crippen LogP contribution in [0.3, 0.4) is 0 Å². The van der Waals surface area contributed by atoms with Crippen LogP contribution in [0.25, 0.3) is 0 Å². The predicted molar refractivity (Wildman–Crippen MR) is 77.9 cm³/mol. The van der Waals surface area contributed by atoms with E-state index in [0.29, 0.717) is 5.54 Å². The summed E-state index contributed by atoms with van der Waals surface area (Å²) in [6.45, 7) is 12.9. The number of aromatic nitrogens is 1. The maximum absolute atomic E-state index is 2.64. The molecular formula is C16H28N2. The highest BCUT2D eigenvalue weighted by Crippen LogP contribution is 2.24. The molecule has 0 amide bonds. The lowest BCUT2D eigenvalue weighted by atomic mass is 9.93. The van der Waals surface area contributed by atoms with E-state index in [9.17, 15) is 0 Å². The fourth-order valence-corrected chi connectivity index (χ4v) is 2.93. The third-order valence-electron chi connectivity index (χ3n) is 4.16. The van der Waals surface area contributed by atoms with Gasteiger partial charge in [0, 0.05) is 31.0 Å². The molecule has 0 aromatic carbocycles. The minimum atomic E-state index is 0.323. The number of piperidine rings is 1. The van der Waals surface area contributed by atoms with Crippen molar-refractivity contribution in [3.8, 4) is 0 Å². The van der Waals surface area contributed by atoms with Crippen molar-refractivity contribution in [3.05, 3.63) is 24.0 Å². The van der Waals surface area contributed by atoms with Gasteiger partial charge in [-0.1, -0.05) is 6.92 Å². The second-order valence-corrected chi connectivity index (χ2v) is 6.70. The van der Waals surface area contributed by atoms with Gasteiger partial charge in [0.25, 0.3) is 0 Å². The van der Waals surface area contributed by atoms with Crippen LogP contribution in [0.15, 0.2) is 18.5 Å². The molecule has 1 atom stereocenters. The Hall–Kier alpha value is -0.760. The lowest BCUT2D eigenvalue weighted by molar-refractivity contribution is 0.0734. The molecule has 0 N–H and O–H groups in total. The van der Waals surface area contributed by atoms with Gasteiger partial charge < -0.3 is 4.57 Å². The maximum atomic E-state index is 2.64. The summed E-state index contributed by atoms with van der Waals surface area (Å²) in [6, 6.07) is 2.25. The van der Waals surface area contributed by atoms with E-state index in [1.807, 2.05) is 0 Å². The summed E-state index contributed by atoms with van der Waals surface area (Å²) in [5, 5.41) is 0. The van der Waals surface area contributed by atoms with Crippen LogP contribution in [0.2, 0.25) is 0 Å². The number of hydrogen-bond acceptors (Lipinski definition) is 1. The molecule has 1 fully saturated rings. The fourth-order valence-electron chi connectivity index (χ4n) is 2.93. The molecule has 1 aliphatic rings. The van der Waals surface area contributed by atoms with Crippen molar-refractivity contribution in [2.45, 2.75) is 59.0 Å². The van der Waals surface area contributed by atoms with Crippen molar-refractivity contribution in [2.75, 3.05) is 13.1 Å². The molecule has 18 heavy (non-hydrogen) atoms. The monoisotopic (exact) mass is 248 g/mol. The molecule has 0 saturated carbocycles. The SMILES string of the molecule is CCc1ccn(C[C@@H]2CCCN(C(C)(C)C)C2)c1. The number of nitrogens with zero attached hydrogens (tertiary/aromatic N) is 2. The Bertz CT molecular complexity index is 373. The normalized spacial score (nSPS) is 22.3. The second kappa shape index (κ2) is 5.48. The average Bonchev–Trinajstić information content (AvgIpc) is 2.76. The van der Waals surface area contributed by atoms with Crippen LogP contribution in [0.1, 0.15) is 46.1 Å². The average molecular weight is 248 g/mol. The summed E-state index contributed by atoms with van der Waals surface area (Å²) >= 11 is 0. The zero-order valence-electron chi connectivity index (χ0n) is 12.4. The zero-order valence-corrected chi connectivity index (χ0v) is 12.4. The first-order valence-corrected chi connectivity index (χ1v) is 7.38. The molecule has 102 valence electrons. The molecular weight excluding hydrogens is 220 g/mol. The first-order chi connectivity index (χ1) is 8.49. The molecule has 0 bridgehead atoms. The van der Waals surface area contributed by atoms with Crippen molar-refractivity contribution in [1.29, 1.82) is 0 Å². The van der Waals surface area contributed by atoms with Gasteiger partial charge in [-0.3, -0.25) is 4.90 Å². The van der Waals surface area contributed by atoms with E-state index in [1.54, 1.807) is 0 Å². The fraction of sp³-hybridized carbons (Fsp3) is 0.750. The minimum Gasteiger partial charge on any atom is -0.354 e. The van der Waals surface area contributed by atoms with E-state index < -0.39 is 0 Å². The molecule has 2 rings (SSSR count). The van der Waals surface area contributed by atoms with Gasteiger partial charge in [-0.2, -0.15) is 0 Å². The summed E-state index contributed by atoms with van der Waals surface area (Å²) in [5.41, 5.74) is 1.78. The number of hydrogen-bond donors (Lipinski definition) is 0. The van der Waals surface area contributed by atoms with Gasteiger partial charge in [0.15, 0.2) is 0 Å². The molecule has 1 aliphatic heterocycles. The molecule has 0 spiro atoms. The van der Waals surface area contributed by atoms with E-state index in [2.05, 4.69) is 55.6 Å². The number of likely N-dealkylation sites (tertiary alicyclic amines) is 1. The Balaban J connectivity index is 1.93. The molecule has 1 aromatic rings. The van der Waals surface area contributed by atoms with E-state index >= 15 is 0 Å². The third kappa shape index (κ3) is 3.38. The van der Waals surface area contributed by atoms with Gasteiger partial charge in [0.05, 0.1) is 0 Å². The standard InChI is InChI=1S/C16H28N2/c1-5-14-8-10-17(11-14)12-15-7-6-9-18(13-15)16(2,3)4/h8,10-11,15H,5-7,9,12-13H2,1-4H3/t15-/m0/s1. The van der Waals surface area contributed by atoms with Crippen molar-refractivity contribution in [1.82, 2.24) is 9.47 Å². The van der Waals surface area contributed by atoms with Crippen molar-refractivity contribution < 1.29 is 0 Å². The highest BCUT2D eigenvalue weighted by atomic mass is 15.2. The highest BCUT2D eigenvalue weighted by Gasteiger charge is 2.27. The van der Waals surface area contributed by atoms with Crippen LogP contribution in [0.4, 0.5) is 0 Å². The summed E-state index contributed by atoms with van der Waals surface area (Å²) in [5.74, 6) is 0.815. The van der Waals surface area contributed by atoms with E-state index in [-0.39, 0.29) is 0 Å². The number of rotatable bonds is 3. The molecule has 0 radical (unpaired) electrons. The molecule has 2 heteroatoms. The first-order valence-electron chi connectivity index (χ1n) is 7.38. The van der Waals surface area contributed by atoms with Crippen molar-refractivity contribution in [2.24, 2.45) is 5.92 Å². The lowest BCUT2D eigenvalue weighted by Gasteiger charge is -2.41. The van der Waals surface area contributed by atoms with Crippen LogP contribution in [-0.2, 0) is 13.0 Å². The maximum Gasteiger partial charge on any atom is 0.0260 e. The lowest BCUT2D eigenvalue weighted by Crippen LogP contribution is -2.47. The summed E-state index contributed by atoms with van der Waals surface area (Å²) in [4.78, 5) is 2.64. The largest absolute Gasteiger partial charge is 0.354 e. The minimum absolute atomic E-state index is 0.323. The van der Waals surface area contributed by atoms with Gasteiger partial charge in [-0.15, -0.1) is 0 Å². The van der Waals surface area contributed by atoms with E-state index in [0.717, 1.165) is 12.3 Å². The van der Waals surface area contributed by atoms with Crippen molar-refractivity contribution in [3.63, 3.8) is 0 Å². The van der Waals surface area contributed by atoms with Gasteiger partial charge in [-0.25, -0.2) is 0 Å². The Morgan fingerprint density at radius 2 is 2.11 bits per heavy atom. The molecule has 0 aliphatic carbocycles. The molecule has 0 unspecified atom stereocenters. The van der Waals surface area contributed by atoms with E-state index in [1.165, 1.54) is 38.0 Å². The first kappa shape index (κ1) is 13.7. The van der Waals surface area contributed by atoms with Crippen LogP contribution >= 0.6 is 0 Å². The van der Waals surface area contributed by atoms with Crippen LogP contribution in [0, 0.1) is 5.92 Å².